The van der Waals surface area contributed by atoms with Crippen LogP contribution in [0.3, 0.4) is 0 Å². The van der Waals surface area contributed by atoms with Crippen LogP contribution in [0.4, 0.5) is 0 Å². The summed E-state index contributed by atoms with van der Waals surface area (Å²) in [6.45, 7) is 2.36. The largest absolute Gasteiger partial charge is 0.396 e. The van der Waals surface area contributed by atoms with Gasteiger partial charge < -0.3 is 24.1 Å². The second kappa shape index (κ2) is 13.4. The second-order valence-corrected chi connectivity index (χ2v) is 9.33. The summed E-state index contributed by atoms with van der Waals surface area (Å²) in [5, 5.41) is 9.22. The Morgan fingerprint density at radius 2 is 1.75 bits per heavy atom. The summed E-state index contributed by atoms with van der Waals surface area (Å²) in [5.41, 5.74) is 1.15. The van der Waals surface area contributed by atoms with E-state index in [1.165, 1.54) is 0 Å². The average molecular weight is 449 g/mol. The summed E-state index contributed by atoms with van der Waals surface area (Å²) in [6.07, 6.45) is 7.74. The van der Waals surface area contributed by atoms with Crippen LogP contribution in [0.5, 0.6) is 0 Å². The van der Waals surface area contributed by atoms with Crippen LogP contribution in [0.25, 0.3) is 0 Å². The highest BCUT2D eigenvalue weighted by atomic mass is 16.5. The molecule has 2 saturated heterocycles. The SMILES string of the molecule is CO[C@H](CC1CCCC(CCO)O1)CC1CC(OCc2ccccc2)C[C@@H](CC(C)=O)O1. The number of hydrogen-bond donors (Lipinski definition) is 1. The fourth-order valence-corrected chi connectivity index (χ4v) is 4.98. The van der Waals surface area contributed by atoms with Crippen LogP contribution in [0, 0.1) is 0 Å². The number of carbonyl (C=O) groups excluding carboxylic acids is 1. The number of benzene rings is 1. The van der Waals surface area contributed by atoms with E-state index in [0.717, 1.165) is 50.5 Å². The number of aliphatic hydroxyl groups is 1. The molecule has 3 rings (SSSR count). The number of aliphatic hydroxyl groups excluding tert-OH is 1. The maximum absolute atomic E-state index is 11.7. The molecule has 0 aliphatic carbocycles. The summed E-state index contributed by atoms with van der Waals surface area (Å²) in [5.74, 6) is 0.145. The van der Waals surface area contributed by atoms with Crippen molar-refractivity contribution in [2.45, 2.75) is 108 Å². The van der Waals surface area contributed by atoms with E-state index >= 15 is 0 Å². The molecule has 1 N–H and O–H groups in total. The molecule has 2 aliphatic heterocycles. The first-order valence-corrected chi connectivity index (χ1v) is 12.1. The summed E-state index contributed by atoms with van der Waals surface area (Å²) in [7, 11) is 1.75. The minimum atomic E-state index is -0.107. The van der Waals surface area contributed by atoms with Gasteiger partial charge in [0.25, 0.3) is 0 Å². The number of Topliss-reactive ketones (excluding diaryl/α,β-unsaturated/α-hetero) is 1. The molecule has 6 atom stereocenters. The van der Waals surface area contributed by atoms with Gasteiger partial charge in [-0.05, 0) is 57.4 Å². The predicted molar refractivity (Wildman–Crippen MR) is 122 cm³/mol. The highest BCUT2D eigenvalue weighted by molar-refractivity contribution is 5.76. The van der Waals surface area contributed by atoms with E-state index in [0.29, 0.717) is 19.4 Å². The van der Waals surface area contributed by atoms with Crippen LogP contribution in [0.15, 0.2) is 30.3 Å². The first-order chi connectivity index (χ1) is 15.6. The Balaban J connectivity index is 1.54. The summed E-state index contributed by atoms with van der Waals surface area (Å²) in [4.78, 5) is 11.7. The van der Waals surface area contributed by atoms with E-state index in [-0.39, 0.29) is 49.0 Å². The van der Waals surface area contributed by atoms with Gasteiger partial charge in [0, 0.05) is 26.6 Å². The quantitative estimate of drug-likeness (QED) is 0.516. The molecule has 2 heterocycles. The van der Waals surface area contributed by atoms with E-state index in [9.17, 15) is 9.90 Å². The van der Waals surface area contributed by atoms with Gasteiger partial charge in [-0.1, -0.05) is 30.3 Å². The molecule has 0 radical (unpaired) electrons. The molecule has 0 aromatic heterocycles. The Morgan fingerprint density at radius 1 is 1.06 bits per heavy atom. The van der Waals surface area contributed by atoms with Crippen LogP contribution in [0.1, 0.15) is 70.3 Å². The fraction of sp³-hybridized carbons (Fsp3) is 0.731. The van der Waals surface area contributed by atoms with Gasteiger partial charge in [0.1, 0.15) is 5.78 Å². The van der Waals surface area contributed by atoms with Crippen molar-refractivity contribution in [2.75, 3.05) is 13.7 Å². The highest BCUT2D eigenvalue weighted by Crippen LogP contribution is 2.31. The van der Waals surface area contributed by atoms with Crippen molar-refractivity contribution in [3.05, 3.63) is 35.9 Å². The lowest BCUT2D eigenvalue weighted by molar-refractivity contribution is -0.144. The molecule has 32 heavy (non-hydrogen) atoms. The summed E-state index contributed by atoms with van der Waals surface area (Å²) < 4.78 is 24.5. The third-order valence-corrected chi connectivity index (χ3v) is 6.55. The summed E-state index contributed by atoms with van der Waals surface area (Å²) >= 11 is 0. The number of methoxy groups -OCH3 is 1. The van der Waals surface area contributed by atoms with Gasteiger partial charge in [-0.3, -0.25) is 4.79 Å². The van der Waals surface area contributed by atoms with Crippen molar-refractivity contribution < 1.29 is 28.8 Å². The lowest BCUT2D eigenvalue weighted by Crippen LogP contribution is -2.40. The summed E-state index contributed by atoms with van der Waals surface area (Å²) in [6, 6.07) is 10.2. The molecule has 2 fully saturated rings. The van der Waals surface area contributed by atoms with Gasteiger partial charge in [-0.2, -0.15) is 0 Å². The van der Waals surface area contributed by atoms with Crippen LogP contribution < -0.4 is 0 Å². The Morgan fingerprint density at radius 3 is 2.47 bits per heavy atom. The smallest absolute Gasteiger partial charge is 0.132 e. The van der Waals surface area contributed by atoms with E-state index in [2.05, 4.69) is 12.1 Å². The van der Waals surface area contributed by atoms with Crippen LogP contribution in [-0.2, 0) is 30.3 Å². The predicted octanol–water partition coefficient (Wildman–Crippen LogP) is 4.21. The van der Waals surface area contributed by atoms with E-state index in [1.807, 2.05) is 18.2 Å². The van der Waals surface area contributed by atoms with Gasteiger partial charge in [0.2, 0.25) is 0 Å². The minimum absolute atomic E-state index is 0.00403. The molecule has 2 aliphatic rings. The number of rotatable bonds is 12. The monoisotopic (exact) mass is 448 g/mol. The molecule has 6 heteroatoms. The average Bonchev–Trinajstić information content (AvgIpc) is 2.78. The number of carbonyl (C=O) groups is 1. The zero-order valence-corrected chi connectivity index (χ0v) is 19.6. The Kier molecular flexibility index (Phi) is 10.6. The van der Waals surface area contributed by atoms with Crippen molar-refractivity contribution in [3.63, 3.8) is 0 Å². The number of ketones is 1. The normalized spacial score (nSPS) is 29.5. The molecular weight excluding hydrogens is 408 g/mol. The lowest BCUT2D eigenvalue weighted by atomic mass is 9.92. The van der Waals surface area contributed by atoms with Crippen LogP contribution >= 0.6 is 0 Å². The molecular formula is C26H40O6. The molecule has 180 valence electrons. The molecule has 1 aromatic rings. The van der Waals surface area contributed by atoms with Gasteiger partial charge in [-0.15, -0.1) is 0 Å². The molecule has 4 unspecified atom stereocenters. The zero-order valence-electron chi connectivity index (χ0n) is 19.6. The molecule has 0 bridgehead atoms. The number of hydrogen-bond acceptors (Lipinski definition) is 6. The van der Waals surface area contributed by atoms with Crippen LogP contribution in [0.2, 0.25) is 0 Å². The van der Waals surface area contributed by atoms with E-state index in [1.54, 1.807) is 14.0 Å². The van der Waals surface area contributed by atoms with Gasteiger partial charge in [0.15, 0.2) is 0 Å². The Hall–Kier alpha value is -1.31. The lowest BCUT2D eigenvalue weighted by Gasteiger charge is -2.37. The molecule has 1 aromatic carbocycles. The molecule has 0 amide bonds. The molecule has 6 nitrogen and oxygen atoms in total. The van der Waals surface area contributed by atoms with Crippen molar-refractivity contribution in [1.82, 2.24) is 0 Å². The van der Waals surface area contributed by atoms with Crippen molar-refractivity contribution >= 4 is 5.78 Å². The topological polar surface area (TPSA) is 74.2 Å². The van der Waals surface area contributed by atoms with Crippen molar-refractivity contribution in [2.24, 2.45) is 0 Å². The first kappa shape index (κ1) is 25.3. The van der Waals surface area contributed by atoms with Crippen LogP contribution in [-0.4, -0.2) is 61.2 Å². The minimum Gasteiger partial charge on any atom is -0.396 e. The third kappa shape index (κ3) is 8.56. The maximum Gasteiger partial charge on any atom is 0.132 e. The van der Waals surface area contributed by atoms with Gasteiger partial charge in [-0.25, -0.2) is 0 Å². The second-order valence-electron chi connectivity index (χ2n) is 9.33. The Bertz CT molecular complexity index is 664. The number of ether oxygens (including phenoxy) is 4. The first-order valence-electron chi connectivity index (χ1n) is 12.1. The van der Waals surface area contributed by atoms with Crippen molar-refractivity contribution in [3.8, 4) is 0 Å². The standard InChI is InChI=1S/C26H40O6/c1-19(28)13-25-16-24(30-18-20-7-4-3-5-8-20)17-26(32-25)15-23(29-2)14-22-10-6-9-21(31-22)11-12-27/h3-5,7-8,21-27H,6,9-18H2,1-2H3/t21?,22?,23-,24?,25-,26?/m1/s1. The Labute approximate surface area is 192 Å². The third-order valence-electron chi connectivity index (χ3n) is 6.55. The molecule has 0 saturated carbocycles. The zero-order chi connectivity index (χ0) is 22.8. The maximum atomic E-state index is 11.7. The van der Waals surface area contributed by atoms with Gasteiger partial charge >= 0.3 is 0 Å². The van der Waals surface area contributed by atoms with E-state index < -0.39 is 0 Å². The van der Waals surface area contributed by atoms with Gasteiger partial charge in [0.05, 0.1) is 43.2 Å². The van der Waals surface area contributed by atoms with E-state index in [4.69, 9.17) is 18.9 Å². The molecule has 0 spiro atoms. The highest BCUT2D eigenvalue weighted by Gasteiger charge is 2.33. The van der Waals surface area contributed by atoms with Crippen molar-refractivity contribution in [1.29, 1.82) is 0 Å². The fourth-order valence-electron chi connectivity index (χ4n) is 4.98.